The van der Waals surface area contributed by atoms with E-state index in [1.165, 1.54) is 12.1 Å². The van der Waals surface area contributed by atoms with Gasteiger partial charge in [-0.25, -0.2) is 4.39 Å². The first-order valence-corrected chi connectivity index (χ1v) is 10.9. The van der Waals surface area contributed by atoms with Crippen molar-refractivity contribution in [2.24, 2.45) is 11.8 Å². The smallest absolute Gasteiger partial charge is 0.254 e. The number of hydrogen-bond donors (Lipinski definition) is 1. The van der Waals surface area contributed by atoms with E-state index < -0.39 is 5.82 Å². The first-order valence-electron chi connectivity index (χ1n) is 10.9. The number of halogens is 1. The van der Waals surface area contributed by atoms with Crippen LogP contribution in [0, 0.1) is 17.7 Å². The van der Waals surface area contributed by atoms with E-state index in [0.717, 1.165) is 29.8 Å². The van der Waals surface area contributed by atoms with Crippen LogP contribution < -0.4 is 10.2 Å². The van der Waals surface area contributed by atoms with Crippen LogP contribution in [0.25, 0.3) is 0 Å². The van der Waals surface area contributed by atoms with Gasteiger partial charge in [0.05, 0.1) is 0 Å². The number of anilines is 2. The van der Waals surface area contributed by atoms with Crippen LogP contribution in [0.3, 0.4) is 0 Å². The quantitative estimate of drug-likeness (QED) is 0.620. The van der Waals surface area contributed by atoms with Crippen molar-refractivity contribution in [1.29, 1.82) is 0 Å². The maximum absolute atomic E-state index is 13.7. The van der Waals surface area contributed by atoms with E-state index in [9.17, 15) is 14.0 Å². The van der Waals surface area contributed by atoms with Gasteiger partial charge < -0.3 is 15.1 Å². The van der Waals surface area contributed by atoms with Gasteiger partial charge in [0.2, 0.25) is 5.91 Å². The average molecular weight is 426 g/mol. The molecule has 6 heteroatoms. The Kier molecular flexibility index (Phi) is 7.31. The summed E-state index contributed by atoms with van der Waals surface area (Å²) in [5.41, 5.74) is 3.00. The maximum atomic E-state index is 13.7. The molecule has 0 atom stereocenters. The van der Waals surface area contributed by atoms with Gasteiger partial charge in [0.15, 0.2) is 0 Å². The summed E-state index contributed by atoms with van der Waals surface area (Å²) in [6.07, 6.45) is 2.67. The monoisotopic (exact) mass is 425 g/mol. The predicted molar refractivity (Wildman–Crippen MR) is 123 cm³/mol. The van der Waals surface area contributed by atoms with E-state index in [1.807, 2.05) is 51.0 Å². The van der Waals surface area contributed by atoms with Crippen molar-refractivity contribution < 1.29 is 14.0 Å². The molecule has 0 saturated heterocycles. The highest BCUT2D eigenvalue weighted by atomic mass is 19.1. The molecule has 3 rings (SSSR count). The zero-order valence-electron chi connectivity index (χ0n) is 18.8. The minimum atomic E-state index is -0.416. The number of carbonyl (C=O) groups is 2. The molecule has 31 heavy (non-hydrogen) atoms. The molecule has 0 unspecified atom stereocenters. The SMILES string of the molecule is CC(C)CC(=O)Nc1ccc(N(C)C)c(CN(CC2CC2)C(=O)c2cccc(F)c2)c1. The number of benzene rings is 2. The molecule has 0 heterocycles. The molecule has 1 aliphatic carbocycles. The molecule has 0 radical (unpaired) electrons. The zero-order chi connectivity index (χ0) is 22.5. The van der Waals surface area contributed by atoms with E-state index in [1.54, 1.807) is 17.0 Å². The van der Waals surface area contributed by atoms with Crippen LogP contribution in [-0.4, -0.2) is 37.4 Å². The van der Waals surface area contributed by atoms with Crippen LogP contribution >= 0.6 is 0 Å². The Labute approximate surface area is 184 Å². The van der Waals surface area contributed by atoms with Crippen molar-refractivity contribution in [2.75, 3.05) is 30.9 Å². The van der Waals surface area contributed by atoms with Gasteiger partial charge in [0, 0.05) is 50.5 Å². The third kappa shape index (κ3) is 6.54. The average Bonchev–Trinajstić information content (AvgIpc) is 3.50. The van der Waals surface area contributed by atoms with Gasteiger partial charge in [-0.1, -0.05) is 19.9 Å². The lowest BCUT2D eigenvalue weighted by Crippen LogP contribution is -2.33. The normalized spacial score (nSPS) is 13.2. The summed E-state index contributed by atoms with van der Waals surface area (Å²) in [6.45, 7) is 5.06. The van der Waals surface area contributed by atoms with E-state index >= 15 is 0 Å². The van der Waals surface area contributed by atoms with Crippen molar-refractivity contribution in [2.45, 2.75) is 39.7 Å². The van der Waals surface area contributed by atoms with E-state index in [2.05, 4.69) is 5.32 Å². The Bertz CT molecular complexity index is 938. The molecule has 2 amide bonds. The summed E-state index contributed by atoms with van der Waals surface area (Å²) >= 11 is 0. The van der Waals surface area contributed by atoms with E-state index in [4.69, 9.17) is 0 Å². The lowest BCUT2D eigenvalue weighted by molar-refractivity contribution is -0.116. The first kappa shape index (κ1) is 22.8. The Hall–Kier alpha value is -2.89. The number of rotatable bonds is 9. The van der Waals surface area contributed by atoms with Gasteiger partial charge in [0.25, 0.3) is 5.91 Å². The summed E-state index contributed by atoms with van der Waals surface area (Å²) in [5.74, 6) is 0.156. The van der Waals surface area contributed by atoms with Crippen LogP contribution in [0.4, 0.5) is 15.8 Å². The lowest BCUT2D eigenvalue weighted by Gasteiger charge is -2.26. The molecule has 166 valence electrons. The molecule has 5 nitrogen and oxygen atoms in total. The highest BCUT2D eigenvalue weighted by Gasteiger charge is 2.28. The van der Waals surface area contributed by atoms with Crippen molar-refractivity contribution in [3.8, 4) is 0 Å². The largest absolute Gasteiger partial charge is 0.377 e. The lowest BCUT2D eigenvalue weighted by atomic mass is 10.1. The van der Waals surface area contributed by atoms with Crippen molar-refractivity contribution in [1.82, 2.24) is 4.90 Å². The van der Waals surface area contributed by atoms with Gasteiger partial charge in [0.1, 0.15) is 5.82 Å². The topological polar surface area (TPSA) is 52.7 Å². The minimum absolute atomic E-state index is 0.0239. The zero-order valence-corrected chi connectivity index (χ0v) is 18.8. The van der Waals surface area contributed by atoms with Gasteiger partial charge in [-0.05, 0) is 66.6 Å². The molecule has 0 aliphatic heterocycles. The fourth-order valence-corrected chi connectivity index (χ4v) is 3.65. The molecule has 0 spiro atoms. The molecule has 1 fully saturated rings. The molecular formula is C25H32FN3O2. The molecule has 2 aromatic carbocycles. The third-order valence-corrected chi connectivity index (χ3v) is 5.33. The minimum Gasteiger partial charge on any atom is -0.377 e. The predicted octanol–water partition coefficient (Wildman–Crippen LogP) is 4.93. The second-order valence-electron chi connectivity index (χ2n) is 9.02. The third-order valence-electron chi connectivity index (χ3n) is 5.33. The number of hydrogen-bond acceptors (Lipinski definition) is 3. The second kappa shape index (κ2) is 9.94. The molecule has 0 bridgehead atoms. The highest BCUT2D eigenvalue weighted by molar-refractivity contribution is 5.94. The van der Waals surface area contributed by atoms with Gasteiger partial charge in [-0.15, -0.1) is 0 Å². The molecule has 1 aliphatic rings. The molecule has 1 N–H and O–H groups in total. The van der Waals surface area contributed by atoms with Gasteiger partial charge >= 0.3 is 0 Å². The summed E-state index contributed by atoms with van der Waals surface area (Å²) in [7, 11) is 3.91. The van der Waals surface area contributed by atoms with Crippen LogP contribution in [0.1, 0.15) is 49.0 Å². The fraction of sp³-hybridized carbons (Fsp3) is 0.440. The van der Waals surface area contributed by atoms with Crippen LogP contribution in [0.15, 0.2) is 42.5 Å². The fourth-order valence-electron chi connectivity index (χ4n) is 3.65. The van der Waals surface area contributed by atoms with Crippen molar-refractivity contribution >= 4 is 23.2 Å². The first-order chi connectivity index (χ1) is 14.7. The standard InChI is InChI=1S/C25H32FN3O2/c1-17(2)12-24(30)27-22-10-11-23(28(3)4)20(14-22)16-29(15-18-8-9-18)25(31)19-6-5-7-21(26)13-19/h5-7,10-11,13-14,17-18H,8-9,12,15-16H2,1-4H3,(H,27,30). The molecule has 0 aromatic heterocycles. The number of nitrogens with one attached hydrogen (secondary N) is 1. The van der Waals surface area contributed by atoms with Crippen molar-refractivity contribution in [3.63, 3.8) is 0 Å². The molecular weight excluding hydrogens is 393 g/mol. The second-order valence-corrected chi connectivity index (χ2v) is 9.02. The summed E-state index contributed by atoms with van der Waals surface area (Å²) in [6, 6.07) is 11.6. The van der Waals surface area contributed by atoms with E-state index in [0.29, 0.717) is 31.0 Å². The van der Waals surface area contributed by atoms with Crippen LogP contribution in [0.5, 0.6) is 0 Å². The highest BCUT2D eigenvalue weighted by Crippen LogP contribution is 2.32. The Morgan fingerprint density at radius 1 is 1.13 bits per heavy atom. The van der Waals surface area contributed by atoms with Crippen molar-refractivity contribution in [3.05, 3.63) is 59.4 Å². The van der Waals surface area contributed by atoms with Gasteiger partial charge in [-0.2, -0.15) is 0 Å². The number of carbonyl (C=O) groups excluding carboxylic acids is 2. The number of nitrogens with zero attached hydrogens (tertiary/aromatic N) is 2. The molecule has 2 aromatic rings. The van der Waals surface area contributed by atoms with Crippen LogP contribution in [0.2, 0.25) is 0 Å². The Morgan fingerprint density at radius 2 is 1.87 bits per heavy atom. The molecule has 1 saturated carbocycles. The summed E-state index contributed by atoms with van der Waals surface area (Å²) < 4.78 is 13.7. The number of amides is 2. The Morgan fingerprint density at radius 3 is 2.48 bits per heavy atom. The summed E-state index contributed by atoms with van der Waals surface area (Å²) in [5, 5.41) is 2.96. The van der Waals surface area contributed by atoms with Crippen LogP contribution in [-0.2, 0) is 11.3 Å². The van der Waals surface area contributed by atoms with E-state index in [-0.39, 0.29) is 17.7 Å². The van der Waals surface area contributed by atoms with Gasteiger partial charge in [-0.3, -0.25) is 9.59 Å². The maximum Gasteiger partial charge on any atom is 0.254 e. The summed E-state index contributed by atoms with van der Waals surface area (Å²) in [4.78, 5) is 29.2. The Balaban J connectivity index is 1.87.